The SMILES string of the molecule is CCSCCCN1C(=O)N[C@](C)(c2ccccn2)C1=O. The van der Waals surface area contributed by atoms with Crippen molar-refractivity contribution in [2.24, 2.45) is 0 Å². The Morgan fingerprint density at radius 1 is 1.40 bits per heavy atom. The van der Waals surface area contributed by atoms with Gasteiger partial charge in [0.05, 0.1) is 5.69 Å². The molecular weight excluding hydrogens is 274 g/mol. The molecule has 1 aliphatic rings. The molecule has 2 rings (SSSR count). The van der Waals surface area contributed by atoms with Crippen LogP contribution in [0.2, 0.25) is 0 Å². The summed E-state index contributed by atoms with van der Waals surface area (Å²) in [5.41, 5.74) is -0.472. The number of amides is 3. The number of rotatable bonds is 6. The highest BCUT2D eigenvalue weighted by Crippen LogP contribution is 2.27. The molecule has 0 radical (unpaired) electrons. The number of carbonyl (C=O) groups excluding carboxylic acids is 2. The maximum absolute atomic E-state index is 12.5. The molecule has 1 N–H and O–H groups in total. The molecule has 1 atom stereocenters. The van der Waals surface area contributed by atoms with Crippen molar-refractivity contribution >= 4 is 23.7 Å². The first-order valence-electron chi connectivity index (χ1n) is 6.73. The summed E-state index contributed by atoms with van der Waals surface area (Å²) in [6.45, 7) is 4.26. The van der Waals surface area contributed by atoms with Crippen LogP contribution in [-0.4, -0.2) is 39.9 Å². The molecule has 1 aliphatic heterocycles. The van der Waals surface area contributed by atoms with Gasteiger partial charge in [0.1, 0.15) is 0 Å². The highest BCUT2D eigenvalue weighted by Gasteiger charge is 2.49. The molecule has 0 aliphatic carbocycles. The predicted molar refractivity (Wildman–Crippen MR) is 79.4 cm³/mol. The fourth-order valence-electron chi connectivity index (χ4n) is 2.20. The molecule has 108 valence electrons. The van der Waals surface area contributed by atoms with Crippen molar-refractivity contribution < 1.29 is 9.59 Å². The summed E-state index contributed by atoms with van der Waals surface area (Å²) in [6, 6.07) is 5.03. The van der Waals surface area contributed by atoms with Gasteiger partial charge in [-0.25, -0.2) is 4.79 Å². The molecule has 3 amide bonds. The zero-order chi connectivity index (χ0) is 14.6. The second-order valence-corrected chi connectivity index (χ2v) is 6.17. The standard InChI is InChI=1S/C14H19N3O2S/c1-3-20-10-6-9-17-12(18)14(2,16-13(17)19)11-7-4-5-8-15-11/h4-5,7-8H,3,6,9-10H2,1-2H3,(H,16,19)/t14-/m1/s1. The summed E-state index contributed by atoms with van der Waals surface area (Å²) in [5, 5.41) is 2.76. The number of hydrogen-bond donors (Lipinski definition) is 1. The minimum absolute atomic E-state index is 0.220. The van der Waals surface area contributed by atoms with E-state index in [9.17, 15) is 9.59 Å². The third kappa shape index (κ3) is 2.80. The Morgan fingerprint density at radius 3 is 2.85 bits per heavy atom. The van der Waals surface area contributed by atoms with Gasteiger partial charge in [0.15, 0.2) is 5.54 Å². The van der Waals surface area contributed by atoms with Crippen molar-refractivity contribution in [1.82, 2.24) is 15.2 Å². The molecule has 1 aromatic rings. The van der Waals surface area contributed by atoms with E-state index in [0.29, 0.717) is 12.2 Å². The number of imide groups is 1. The Kier molecular flexibility index (Phi) is 4.65. The van der Waals surface area contributed by atoms with Gasteiger partial charge in [-0.15, -0.1) is 0 Å². The average molecular weight is 293 g/mol. The van der Waals surface area contributed by atoms with Crippen molar-refractivity contribution in [2.75, 3.05) is 18.1 Å². The van der Waals surface area contributed by atoms with Crippen LogP contribution in [0.5, 0.6) is 0 Å². The lowest BCUT2D eigenvalue weighted by atomic mass is 9.97. The zero-order valence-corrected chi connectivity index (χ0v) is 12.6. The second kappa shape index (κ2) is 6.26. The highest BCUT2D eigenvalue weighted by molar-refractivity contribution is 7.99. The van der Waals surface area contributed by atoms with Crippen molar-refractivity contribution in [3.05, 3.63) is 30.1 Å². The van der Waals surface area contributed by atoms with E-state index in [-0.39, 0.29) is 11.9 Å². The van der Waals surface area contributed by atoms with Crippen LogP contribution in [0.1, 0.15) is 26.0 Å². The minimum atomic E-state index is -1.05. The maximum Gasteiger partial charge on any atom is 0.325 e. The lowest BCUT2D eigenvalue weighted by Crippen LogP contribution is -2.41. The van der Waals surface area contributed by atoms with Gasteiger partial charge in [-0.3, -0.25) is 14.7 Å². The van der Waals surface area contributed by atoms with Gasteiger partial charge in [0, 0.05) is 12.7 Å². The Hall–Kier alpha value is -1.56. The molecule has 0 bridgehead atoms. The van der Waals surface area contributed by atoms with Crippen LogP contribution in [0, 0.1) is 0 Å². The summed E-state index contributed by atoms with van der Waals surface area (Å²) in [5.74, 6) is 1.78. The molecule has 0 unspecified atom stereocenters. The van der Waals surface area contributed by atoms with Gasteiger partial charge in [-0.2, -0.15) is 11.8 Å². The molecule has 5 nitrogen and oxygen atoms in total. The van der Waals surface area contributed by atoms with Crippen LogP contribution in [-0.2, 0) is 10.3 Å². The number of nitrogens with zero attached hydrogens (tertiary/aromatic N) is 2. The predicted octanol–water partition coefficient (Wildman–Crippen LogP) is 1.99. The number of aromatic nitrogens is 1. The second-order valence-electron chi connectivity index (χ2n) is 4.78. The lowest BCUT2D eigenvalue weighted by Gasteiger charge is -2.20. The number of carbonyl (C=O) groups is 2. The van der Waals surface area contributed by atoms with E-state index in [1.807, 2.05) is 17.8 Å². The third-order valence-corrected chi connectivity index (χ3v) is 4.31. The monoisotopic (exact) mass is 293 g/mol. The van der Waals surface area contributed by atoms with Gasteiger partial charge >= 0.3 is 6.03 Å². The minimum Gasteiger partial charge on any atom is -0.318 e. The fraction of sp³-hybridized carbons (Fsp3) is 0.500. The van der Waals surface area contributed by atoms with Crippen LogP contribution >= 0.6 is 11.8 Å². The van der Waals surface area contributed by atoms with Gasteiger partial charge in [0.25, 0.3) is 5.91 Å². The summed E-state index contributed by atoms with van der Waals surface area (Å²) in [6.07, 6.45) is 2.44. The molecule has 0 saturated carbocycles. The lowest BCUT2D eigenvalue weighted by molar-refractivity contribution is -0.131. The topological polar surface area (TPSA) is 62.3 Å². The molecule has 6 heteroatoms. The normalized spacial score (nSPS) is 22.2. The summed E-state index contributed by atoms with van der Waals surface area (Å²) < 4.78 is 0. The van der Waals surface area contributed by atoms with Crippen molar-refractivity contribution in [1.29, 1.82) is 0 Å². The largest absolute Gasteiger partial charge is 0.325 e. The summed E-state index contributed by atoms with van der Waals surface area (Å²) in [4.78, 5) is 30.0. The van der Waals surface area contributed by atoms with Gasteiger partial charge in [0.2, 0.25) is 0 Å². The average Bonchev–Trinajstić information content (AvgIpc) is 2.68. The fourth-order valence-corrected chi connectivity index (χ4v) is 2.82. The Labute approximate surface area is 123 Å². The third-order valence-electron chi connectivity index (χ3n) is 3.33. The van der Waals surface area contributed by atoms with Gasteiger partial charge in [-0.1, -0.05) is 13.0 Å². The quantitative estimate of drug-likeness (QED) is 0.643. The molecule has 20 heavy (non-hydrogen) atoms. The summed E-state index contributed by atoms with van der Waals surface area (Å²) in [7, 11) is 0. The number of hydrogen-bond acceptors (Lipinski definition) is 4. The van der Waals surface area contributed by atoms with Crippen LogP contribution in [0.15, 0.2) is 24.4 Å². The smallest absolute Gasteiger partial charge is 0.318 e. The summed E-state index contributed by atoms with van der Waals surface area (Å²) >= 11 is 1.81. The molecule has 1 saturated heterocycles. The van der Waals surface area contributed by atoms with Crippen LogP contribution in [0.25, 0.3) is 0 Å². The maximum atomic E-state index is 12.5. The Bertz CT molecular complexity index is 494. The van der Waals surface area contributed by atoms with Crippen LogP contribution < -0.4 is 5.32 Å². The highest BCUT2D eigenvalue weighted by atomic mass is 32.2. The number of urea groups is 1. The van der Waals surface area contributed by atoms with E-state index in [0.717, 1.165) is 17.9 Å². The van der Waals surface area contributed by atoms with Crippen molar-refractivity contribution in [2.45, 2.75) is 25.8 Å². The van der Waals surface area contributed by atoms with Crippen molar-refractivity contribution in [3.63, 3.8) is 0 Å². The van der Waals surface area contributed by atoms with E-state index >= 15 is 0 Å². The van der Waals surface area contributed by atoms with Crippen LogP contribution in [0.4, 0.5) is 4.79 Å². The molecular formula is C14H19N3O2S. The molecule has 1 fully saturated rings. The number of nitrogens with one attached hydrogen (secondary N) is 1. The number of thioether (sulfide) groups is 1. The molecule has 1 aromatic heterocycles. The Balaban J connectivity index is 2.08. The van der Waals surface area contributed by atoms with Gasteiger partial charge in [-0.05, 0) is 37.0 Å². The van der Waals surface area contributed by atoms with Crippen molar-refractivity contribution in [3.8, 4) is 0 Å². The van der Waals surface area contributed by atoms with Crippen LogP contribution in [0.3, 0.4) is 0 Å². The van der Waals surface area contributed by atoms with E-state index in [1.165, 1.54) is 4.90 Å². The van der Waals surface area contributed by atoms with E-state index in [4.69, 9.17) is 0 Å². The first kappa shape index (κ1) is 14.8. The zero-order valence-electron chi connectivity index (χ0n) is 11.8. The van der Waals surface area contributed by atoms with E-state index in [1.54, 1.807) is 25.3 Å². The van der Waals surface area contributed by atoms with E-state index < -0.39 is 5.54 Å². The molecule has 0 aromatic carbocycles. The Morgan fingerprint density at radius 2 is 2.20 bits per heavy atom. The molecule has 0 spiro atoms. The first-order chi connectivity index (χ1) is 9.59. The van der Waals surface area contributed by atoms with E-state index in [2.05, 4.69) is 17.2 Å². The number of pyridine rings is 1. The first-order valence-corrected chi connectivity index (χ1v) is 7.88. The molecule has 2 heterocycles. The van der Waals surface area contributed by atoms with Gasteiger partial charge < -0.3 is 5.32 Å².